The molecule has 0 aromatic carbocycles. The molecule has 0 spiro atoms. The Balaban J connectivity index is 3.74. The van der Waals surface area contributed by atoms with E-state index >= 15 is 0 Å². The largest absolute Gasteiger partial charge is 0.394 e. The number of aliphatic hydroxyl groups is 3. The molecule has 0 aliphatic carbocycles. The van der Waals surface area contributed by atoms with Gasteiger partial charge in [0.2, 0.25) is 5.91 Å². The molecule has 0 heterocycles. The highest BCUT2D eigenvalue weighted by Gasteiger charge is 2.26. The van der Waals surface area contributed by atoms with Crippen LogP contribution in [-0.4, -0.2) is 46.1 Å². The topological polar surface area (TPSA) is 89.8 Å². The molecule has 0 bridgehead atoms. The first-order chi connectivity index (χ1) is 17.1. The Labute approximate surface area is 217 Å². The van der Waals surface area contributed by atoms with Crippen LogP contribution in [0.25, 0.3) is 0 Å². The molecule has 0 fully saturated rings. The Hall–Kier alpha value is -0.650. The second-order valence-corrected chi connectivity index (χ2v) is 10.7. The summed E-state index contributed by atoms with van der Waals surface area (Å²) in [4.78, 5) is 12.2. The number of hydrogen-bond donors (Lipinski definition) is 4. The molecule has 0 aliphatic rings. The van der Waals surface area contributed by atoms with E-state index in [1.165, 1.54) is 96.3 Å². The number of amides is 1. The van der Waals surface area contributed by atoms with Gasteiger partial charge in [-0.15, -0.1) is 0 Å². The Kier molecular flexibility index (Phi) is 25.9. The molecule has 0 aromatic heterocycles. The van der Waals surface area contributed by atoms with Gasteiger partial charge in [-0.1, -0.05) is 142 Å². The van der Waals surface area contributed by atoms with Gasteiger partial charge in [-0.25, -0.2) is 0 Å². The molecular formula is C30H61NO4. The lowest BCUT2D eigenvalue weighted by Gasteiger charge is -2.26. The fourth-order valence-electron chi connectivity index (χ4n) is 4.75. The van der Waals surface area contributed by atoms with Crippen LogP contribution in [0.3, 0.4) is 0 Å². The molecular weight excluding hydrogens is 438 g/mol. The molecule has 0 rings (SSSR count). The standard InChI is InChI=1S/C30H61NO4/c1-3-5-7-9-11-13-14-15-17-19-21-23-25-29(34)31-27(26-32)30(35)28(33)24-22-20-18-16-12-10-8-6-4-2/h27-28,30,32-33,35H,3-26H2,1-2H3,(H,31,34)/t27-,28+,30-/m0/s1. The lowest BCUT2D eigenvalue weighted by molar-refractivity contribution is -0.124. The highest BCUT2D eigenvalue weighted by molar-refractivity contribution is 5.76. The molecule has 35 heavy (non-hydrogen) atoms. The highest BCUT2D eigenvalue weighted by Crippen LogP contribution is 2.15. The molecule has 0 aromatic rings. The first kappa shape index (κ1) is 34.4. The number of unbranched alkanes of at least 4 members (excludes halogenated alkanes) is 19. The van der Waals surface area contributed by atoms with Crippen molar-refractivity contribution in [1.29, 1.82) is 0 Å². The van der Waals surface area contributed by atoms with Gasteiger partial charge in [-0.3, -0.25) is 4.79 Å². The Morgan fingerprint density at radius 3 is 1.37 bits per heavy atom. The third kappa shape index (κ3) is 22.3. The number of carbonyl (C=O) groups excluding carboxylic acids is 1. The SMILES string of the molecule is CCCCCCCCCCCCCCC(=O)N[C@@H](CO)[C@H](O)[C@H](O)CCCCCCCCCCC. The van der Waals surface area contributed by atoms with Crippen LogP contribution in [0.4, 0.5) is 0 Å². The van der Waals surface area contributed by atoms with Crippen molar-refractivity contribution in [2.75, 3.05) is 6.61 Å². The van der Waals surface area contributed by atoms with Gasteiger partial charge >= 0.3 is 0 Å². The fourth-order valence-corrected chi connectivity index (χ4v) is 4.75. The Morgan fingerprint density at radius 2 is 0.971 bits per heavy atom. The van der Waals surface area contributed by atoms with Crippen LogP contribution in [0.2, 0.25) is 0 Å². The molecule has 0 radical (unpaired) electrons. The number of rotatable bonds is 27. The summed E-state index contributed by atoms with van der Waals surface area (Å²) in [6.07, 6.45) is 24.7. The second kappa shape index (κ2) is 26.4. The van der Waals surface area contributed by atoms with Crippen molar-refractivity contribution in [1.82, 2.24) is 5.32 Å². The lowest BCUT2D eigenvalue weighted by Crippen LogP contribution is -2.50. The van der Waals surface area contributed by atoms with Crippen LogP contribution in [-0.2, 0) is 4.79 Å². The zero-order valence-corrected chi connectivity index (χ0v) is 23.5. The van der Waals surface area contributed by atoms with Gasteiger partial charge in [0, 0.05) is 6.42 Å². The zero-order chi connectivity index (χ0) is 26.0. The maximum atomic E-state index is 12.2. The minimum atomic E-state index is -1.13. The predicted octanol–water partition coefficient (Wildman–Crippen LogP) is 7.20. The quantitative estimate of drug-likeness (QED) is 0.0900. The second-order valence-electron chi connectivity index (χ2n) is 10.7. The molecule has 0 saturated carbocycles. The van der Waals surface area contributed by atoms with Gasteiger partial charge in [0.1, 0.15) is 6.10 Å². The van der Waals surface area contributed by atoms with Gasteiger partial charge in [0.05, 0.1) is 18.8 Å². The van der Waals surface area contributed by atoms with E-state index in [1.807, 2.05) is 0 Å². The monoisotopic (exact) mass is 499 g/mol. The Bertz CT molecular complexity index is 446. The lowest BCUT2D eigenvalue weighted by atomic mass is 9.99. The predicted molar refractivity (Wildman–Crippen MR) is 149 cm³/mol. The van der Waals surface area contributed by atoms with Gasteiger partial charge in [0.15, 0.2) is 0 Å². The summed E-state index contributed by atoms with van der Waals surface area (Å²) in [6.45, 7) is 4.12. The summed E-state index contributed by atoms with van der Waals surface area (Å²) < 4.78 is 0. The summed E-state index contributed by atoms with van der Waals surface area (Å²) in [5.74, 6) is -0.148. The summed E-state index contributed by atoms with van der Waals surface area (Å²) in [6, 6.07) is -0.798. The van der Waals surface area contributed by atoms with Gasteiger partial charge < -0.3 is 20.6 Å². The van der Waals surface area contributed by atoms with Crippen molar-refractivity contribution in [2.45, 2.75) is 180 Å². The summed E-state index contributed by atoms with van der Waals surface area (Å²) in [5.41, 5.74) is 0. The summed E-state index contributed by atoms with van der Waals surface area (Å²) in [5, 5.41) is 33.0. The first-order valence-electron chi connectivity index (χ1n) is 15.3. The normalized spacial score (nSPS) is 14.1. The van der Waals surface area contributed by atoms with Gasteiger partial charge in [-0.05, 0) is 12.8 Å². The first-order valence-corrected chi connectivity index (χ1v) is 15.3. The number of aliphatic hydroxyl groups excluding tert-OH is 3. The van der Waals surface area contributed by atoms with E-state index < -0.39 is 18.2 Å². The van der Waals surface area contributed by atoms with E-state index in [0.717, 1.165) is 38.5 Å². The van der Waals surface area contributed by atoms with E-state index in [1.54, 1.807) is 0 Å². The van der Waals surface area contributed by atoms with Gasteiger partial charge in [0.25, 0.3) is 0 Å². The van der Waals surface area contributed by atoms with E-state index in [9.17, 15) is 20.1 Å². The van der Waals surface area contributed by atoms with Crippen LogP contribution in [0.1, 0.15) is 162 Å². The zero-order valence-electron chi connectivity index (χ0n) is 23.5. The summed E-state index contributed by atoms with van der Waals surface area (Å²) in [7, 11) is 0. The third-order valence-electron chi connectivity index (χ3n) is 7.21. The molecule has 3 atom stereocenters. The van der Waals surface area contributed by atoms with Crippen LogP contribution in [0.15, 0.2) is 0 Å². The average Bonchev–Trinajstić information content (AvgIpc) is 2.86. The van der Waals surface area contributed by atoms with E-state index in [4.69, 9.17) is 0 Å². The molecule has 0 saturated heterocycles. The molecule has 5 heteroatoms. The minimum Gasteiger partial charge on any atom is -0.394 e. The molecule has 210 valence electrons. The van der Waals surface area contributed by atoms with E-state index in [2.05, 4.69) is 19.2 Å². The number of hydrogen-bond acceptors (Lipinski definition) is 4. The molecule has 0 aliphatic heterocycles. The molecule has 4 N–H and O–H groups in total. The van der Waals surface area contributed by atoms with Crippen LogP contribution >= 0.6 is 0 Å². The van der Waals surface area contributed by atoms with Crippen molar-refractivity contribution < 1.29 is 20.1 Å². The smallest absolute Gasteiger partial charge is 0.220 e. The van der Waals surface area contributed by atoms with Crippen LogP contribution in [0.5, 0.6) is 0 Å². The van der Waals surface area contributed by atoms with E-state index in [0.29, 0.717) is 12.8 Å². The molecule has 0 unspecified atom stereocenters. The van der Waals surface area contributed by atoms with Crippen molar-refractivity contribution in [3.63, 3.8) is 0 Å². The number of carbonyl (C=O) groups is 1. The molecule has 5 nitrogen and oxygen atoms in total. The maximum Gasteiger partial charge on any atom is 0.220 e. The van der Waals surface area contributed by atoms with Crippen LogP contribution in [0, 0.1) is 0 Å². The van der Waals surface area contributed by atoms with Crippen molar-refractivity contribution in [3.05, 3.63) is 0 Å². The minimum absolute atomic E-state index is 0.148. The highest BCUT2D eigenvalue weighted by atomic mass is 16.3. The summed E-state index contributed by atoms with van der Waals surface area (Å²) >= 11 is 0. The molecule has 1 amide bonds. The van der Waals surface area contributed by atoms with E-state index in [-0.39, 0.29) is 12.5 Å². The Morgan fingerprint density at radius 1 is 0.600 bits per heavy atom. The van der Waals surface area contributed by atoms with Crippen molar-refractivity contribution >= 4 is 5.91 Å². The maximum absolute atomic E-state index is 12.2. The van der Waals surface area contributed by atoms with Crippen molar-refractivity contribution in [2.24, 2.45) is 0 Å². The number of nitrogens with one attached hydrogen (secondary N) is 1. The van der Waals surface area contributed by atoms with Crippen LogP contribution < -0.4 is 5.32 Å². The third-order valence-corrected chi connectivity index (χ3v) is 7.21. The van der Waals surface area contributed by atoms with Crippen molar-refractivity contribution in [3.8, 4) is 0 Å². The fraction of sp³-hybridized carbons (Fsp3) is 0.967. The average molecular weight is 500 g/mol. The van der Waals surface area contributed by atoms with Gasteiger partial charge in [-0.2, -0.15) is 0 Å².